The zero-order chi connectivity index (χ0) is 21.8. The third-order valence-electron chi connectivity index (χ3n) is 4.55. The number of anilines is 1. The molecule has 0 saturated carbocycles. The first kappa shape index (κ1) is 21.1. The lowest BCUT2D eigenvalue weighted by atomic mass is 10.1. The zero-order valence-corrected chi connectivity index (χ0v) is 17.4. The van der Waals surface area contributed by atoms with Gasteiger partial charge >= 0.3 is 5.97 Å². The van der Waals surface area contributed by atoms with Crippen molar-refractivity contribution in [2.75, 3.05) is 12.4 Å². The quantitative estimate of drug-likeness (QED) is 0.631. The fraction of sp³-hybridized carbons (Fsp3) is 0.261. The Hall–Kier alpha value is -3.61. The summed E-state index contributed by atoms with van der Waals surface area (Å²) in [5.41, 5.74) is 1.85. The number of amides is 1. The number of pyridine rings is 1. The molecule has 1 amide bonds. The average Bonchev–Trinajstić information content (AvgIpc) is 2.70. The van der Waals surface area contributed by atoms with Gasteiger partial charge in [0.2, 0.25) is 5.91 Å². The number of carbonyl (C=O) groups excluding carboxylic acids is 2. The minimum absolute atomic E-state index is 0.198. The Kier molecular flexibility index (Phi) is 6.20. The second kappa shape index (κ2) is 8.82. The molecule has 7 nitrogen and oxygen atoms in total. The van der Waals surface area contributed by atoms with Gasteiger partial charge in [-0.15, -0.1) is 0 Å². The summed E-state index contributed by atoms with van der Waals surface area (Å²) in [6.07, 6.45) is -0.243. The van der Waals surface area contributed by atoms with Crippen molar-refractivity contribution in [1.82, 2.24) is 4.57 Å². The molecule has 0 aliphatic carbocycles. The number of carbonyl (C=O) groups is 2. The zero-order valence-electron chi connectivity index (χ0n) is 17.4. The van der Waals surface area contributed by atoms with Crippen LogP contribution in [0.1, 0.15) is 29.8 Å². The summed E-state index contributed by atoms with van der Waals surface area (Å²) in [7, 11) is 1.52. The highest BCUT2D eigenvalue weighted by atomic mass is 16.5. The highest BCUT2D eigenvalue weighted by molar-refractivity contribution is 5.95. The van der Waals surface area contributed by atoms with E-state index >= 15 is 0 Å². The van der Waals surface area contributed by atoms with E-state index in [1.807, 2.05) is 19.1 Å². The second-order valence-corrected chi connectivity index (χ2v) is 7.19. The first-order chi connectivity index (χ1) is 14.3. The predicted molar refractivity (Wildman–Crippen MR) is 115 cm³/mol. The molecular weight excluding hydrogens is 384 g/mol. The first-order valence-electron chi connectivity index (χ1n) is 9.58. The number of benzene rings is 2. The van der Waals surface area contributed by atoms with Crippen molar-refractivity contribution in [3.8, 4) is 5.75 Å². The smallest absolute Gasteiger partial charge is 0.338 e. The number of methoxy groups -OCH3 is 1. The highest BCUT2D eigenvalue weighted by Gasteiger charge is 2.15. The molecule has 0 aliphatic rings. The number of hydrogen-bond acceptors (Lipinski definition) is 5. The van der Waals surface area contributed by atoms with Gasteiger partial charge in [-0.1, -0.05) is 18.2 Å². The van der Waals surface area contributed by atoms with Gasteiger partial charge in [-0.25, -0.2) is 4.79 Å². The third-order valence-corrected chi connectivity index (χ3v) is 4.55. The fourth-order valence-electron chi connectivity index (χ4n) is 3.24. The molecule has 30 heavy (non-hydrogen) atoms. The molecule has 0 unspecified atom stereocenters. The number of nitrogens with one attached hydrogen (secondary N) is 1. The monoisotopic (exact) mass is 408 g/mol. The topological polar surface area (TPSA) is 86.6 Å². The molecule has 0 bridgehead atoms. The number of aryl methyl sites for hydroxylation is 1. The van der Waals surface area contributed by atoms with Gasteiger partial charge in [0.15, 0.2) is 0 Å². The molecule has 156 valence electrons. The normalized spacial score (nSPS) is 10.8. The van der Waals surface area contributed by atoms with Crippen LogP contribution < -0.4 is 15.6 Å². The standard InChI is InChI=1S/C23H24N2O5/c1-14(2)30-23(28)16-7-5-8-17(12-16)24-20(26)13-25-21(27)11-15(3)18-9-6-10-19(29-4)22(18)25/h5-12,14H,13H2,1-4H3,(H,24,26). The van der Waals surface area contributed by atoms with Crippen molar-refractivity contribution in [3.05, 3.63) is 70.0 Å². The van der Waals surface area contributed by atoms with Crippen LogP contribution in [0, 0.1) is 6.92 Å². The number of aromatic nitrogens is 1. The maximum atomic E-state index is 12.7. The van der Waals surface area contributed by atoms with E-state index in [1.165, 1.54) is 17.7 Å². The number of rotatable bonds is 6. The van der Waals surface area contributed by atoms with Crippen molar-refractivity contribution in [2.24, 2.45) is 0 Å². The van der Waals surface area contributed by atoms with Gasteiger partial charge in [0, 0.05) is 17.1 Å². The minimum atomic E-state index is -0.466. The summed E-state index contributed by atoms with van der Waals surface area (Å²) < 4.78 is 12.0. The van der Waals surface area contributed by atoms with Crippen LogP contribution in [0.3, 0.4) is 0 Å². The van der Waals surface area contributed by atoms with E-state index < -0.39 is 11.9 Å². The molecule has 1 heterocycles. The largest absolute Gasteiger partial charge is 0.495 e. The number of ether oxygens (including phenoxy) is 2. The van der Waals surface area contributed by atoms with E-state index in [0.717, 1.165) is 10.9 Å². The number of hydrogen-bond donors (Lipinski definition) is 1. The van der Waals surface area contributed by atoms with Crippen molar-refractivity contribution in [1.29, 1.82) is 0 Å². The van der Waals surface area contributed by atoms with Gasteiger partial charge in [-0.05, 0) is 50.6 Å². The third kappa shape index (κ3) is 4.51. The van der Waals surface area contributed by atoms with Crippen LogP contribution in [0.2, 0.25) is 0 Å². The van der Waals surface area contributed by atoms with Crippen molar-refractivity contribution in [3.63, 3.8) is 0 Å². The van der Waals surface area contributed by atoms with Crippen LogP contribution in [0.25, 0.3) is 10.9 Å². The first-order valence-corrected chi connectivity index (χ1v) is 9.58. The lowest BCUT2D eigenvalue weighted by molar-refractivity contribution is -0.116. The van der Waals surface area contributed by atoms with Crippen LogP contribution in [0.15, 0.2) is 53.3 Å². The molecule has 3 rings (SSSR count). The van der Waals surface area contributed by atoms with E-state index in [-0.39, 0.29) is 18.2 Å². The second-order valence-electron chi connectivity index (χ2n) is 7.19. The van der Waals surface area contributed by atoms with E-state index in [0.29, 0.717) is 22.5 Å². The number of para-hydroxylation sites is 1. The summed E-state index contributed by atoms with van der Waals surface area (Å²) in [4.78, 5) is 37.4. The van der Waals surface area contributed by atoms with E-state index in [4.69, 9.17) is 9.47 Å². The van der Waals surface area contributed by atoms with Gasteiger partial charge in [0.05, 0.1) is 24.3 Å². The molecule has 0 aliphatic heterocycles. The maximum Gasteiger partial charge on any atom is 0.338 e. The molecular formula is C23H24N2O5. The van der Waals surface area contributed by atoms with Gasteiger partial charge in [-0.3, -0.25) is 14.2 Å². The SMILES string of the molecule is COc1cccc2c(C)cc(=O)n(CC(=O)Nc3cccc(C(=O)OC(C)C)c3)c12. The minimum Gasteiger partial charge on any atom is -0.495 e. The average molecular weight is 408 g/mol. The summed E-state index contributed by atoms with van der Waals surface area (Å²) in [5, 5.41) is 3.57. The number of nitrogens with zero attached hydrogens (tertiary/aromatic N) is 1. The van der Waals surface area contributed by atoms with E-state index in [2.05, 4.69) is 5.32 Å². The predicted octanol–water partition coefficient (Wildman–Crippen LogP) is 3.52. The highest BCUT2D eigenvalue weighted by Crippen LogP contribution is 2.26. The molecule has 3 aromatic rings. The summed E-state index contributed by atoms with van der Waals surface area (Å²) >= 11 is 0. The molecule has 1 aromatic heterocycles. The number of fused-ring (bicyclic) bond motifs is 1. The van der Waals surface area contributed by atoms with Crippen LogP contribution in [-0.4, -0.2) is 29.7 Å². The summed E-state index contributed by atoms with van der Waals surface area (Å²) in [6, 6.07) is 13.4. The van der Waals surface area contributed by atoms with Gasteiger partial charge in [0.1, 0.15) is 12.3 Å². The molecule has 0 atom stereocenters. The van der Waals surface area contributed by atoms with Crippen molar-refractivity contribution >= 4 is 28.5 Å². The Morgan fingerprint density at radius 1 is 1.10 bits per heavy atom. The van der Waals surface area contributed by atoms with Gasteiger partial charge in [-0.2, -0.15) is 0 Å². The summed E-state index contributed by atoms with van der Waals surface area (Å²) in [6.45, 7) is 5.18. The van der Waals surface area contributed by atoms with Crippen LogP contribution in [0.5, 0.6) is 5.75 Å². The Bertz CT molecular complexity index is 1160. The van der Waals surface area contributed by atoms with Crippen LogP contribution >= 0.6 is 0 Å². The van der Waals surface area contributed by atoms with Gasteiger partial charge in [0.25, 0.3) is 5.56 Å². The molecule has 7 heteroatoms. The molecule has 0 saturated heterocycles. The fourth-order valence-corrected chi connectivity index (χ4v) is 3.24. The maximum absolute atomic E-state index is 12.7. The van der Waals surface area contributed by atoms with Crippen molar-refractivity contribution in [2.45, 2.75) is 33.4 Å². The van der Waals surface area contributed by atoms with Crippen LogP contribution in [-0.2, 0) is 16.1 Å². The lowest BCUT2D eigenvalue weighted by Crippen LogP contribution is -2.28. The molecule has 0 fully saturated rings. The van der Waals surface area contributed by atoms with Gasteiger partial charge < -0.3 is 14.8 Å². The lowest BCUT2D eigenvalue weighted by Gasteiger charge is -2.15. The molecule has 0 radical (unpaired) electrons. The number of esters is 1. The van der Waals surface area contributed by atoms with E-state index in [9.17, 15) is 14.4 Å². The Labute approximate surface area is 174 Å². The van der Waals surface area contributed by atoms with Crippen LogP contribution in [0.4, 0.5) is 5.69 Å². The van der Waals surface area contributed by atoms with E-state index in [1.54, 1.807) is 44.2 Å². The molecule has 1 N–H and O–H groups in total. The Balaban J connectivity index is 1.88. The Morgan fingerprint density at radius 3 is 2.53 bits per heavy atom. The summed E-state index contributed by atoms with van der Waals surface area (Å²) in [5.74, 6) is -0.353. The Morgan fingerprint density at radius 2 is 1.83 bits per heavy atom. The molecule has 0 spiro atoms. The van der Waals surface area contributed by atoms with Crippen molar-refractivity contribution < 1.29 is 19.1 Å². The molecule has 2 aromatic carbocycles.